The molecule has 4 aromatic rings. The fourth-order valence-corrected chi connectivity index (χ4v) is 4.72. The maximum Gasteiger partial charge on any atom is 0.387 e. The quantitative estimate of drug-likeness (QED) is 0.211. The molecule has 0 bridgehead atoms. The zero-order valence-corrected chi connectivity index (χ0v) is 19.9. The average molecular weight is 515 g/mol. The lowest BCUT2D eigenvalue weighted by molar-refractivity contribution is -0.0497. The minimum Gasteiger partial charge on any atom is -0.435 e. The summed E-state index contributed by atoms with van der Waals surface area (Å²) in [7, 11) is -1.60. The van der Waals surface area contributed by atoms with E-state index in [1.54, 1.807) is 0 Å². The number of halogens is 4. The summed E-state index contributed by atoms with van der Waals surface area (Å²) >= 11 is 0. The molecule has 0 amide bonds. The van der Waals surface area contributed by atoms with Crippen LogP contribution in [0.5, 0.6) is 5.75 Å². The van der Waals surface area contributed by atoms with Gasteiger partial charge in [-0.1, -0.05) is 12.0 Å². The molecule has 0 saturated carbocycles. The van der Waals surface area contributed by atoms with E-state index in [0.29, 0.717) is 17.7 Å². The fraction of sp³-hybridized carbons (Fsp3) is 0.240. The maximum atomic E-state index is 16.1. The molecule has 1 aliphatic heterocycles. The molecule has 36 heavy (non-hydrogen) atoms. The highest BCUT2D eigenvalue weighted by Crippen LogP contribution is 2.41. The number of terminal acetylenes is 1. The highest BCUT2D eigenvalue weighted by molar-refractivity contribution is 7.84. The van der Waals surface area contributed by atoms with Gasteiger partial charge in [-0.25, -0.2) is 23.7 Å². The summed E-state index contributed by atoms with van der Waals surface area (Å²) in [5, 5.41) is 0.581. The number of benzene rings is 2. The molecule has 11 heteroatoms. The molecule has 184 valence electrons. The molecule has 1 unspecified atom stereocenters. The van der Waals surface area contributed by atoms with Gasteiger partial charge in [0.25, 0.3) is 0 Å². The van der Waals surface area contributed by atoms with Gasteiger partial charge in [0.1, 0.15) is 28.6 Å². The van der Waals surface area contributed by atoms with E-state index < -0.39 is 29.0 Å². The molecule has 1 saturated heterocycles. The Bertz CT molecular complexity index is 1610. The number of alkyl halides is 2. The van der Waals surface area contributed by atoms with Crippen LogP contribution in [0.4, 0.5) is 23.4 Å². The van der Waals surface area contributed by atoms with Crippen molar-refractivity contribution in [2.45, 2.75) is 31.2 Å². The number of pyridine rings is 1. The third kappa shape index (κ3) is 3.91. The van der Waals surface area contributed by atoms with Crippen molar-refractivity contribution >= 4 is 38.3 Å². The number of ether oxygens (including phenoxy) is 1. The topological polar surface area (TPSA) is 68.2 Å². The van der Waals surface area contributed by atoms with Crippen molar-refractivity contribution in [2.75, 3.05) is 17.7 Å². The van der Waals surface area contributed by atoms with Gasteiger partial charge >= 0.3 is 6.61 Å². The van der Waals surface area contributed by atoms with E-state index >= 15 is 4.39 Å². The molecule has 1 fully saturated rings. The normalized spacial score (nSPS) is 16.3. The summed E-state index contributed by atoms with van der Waals surface area (Å²) in [6, 6.07) is 4.94. The minimum absolute atomic E-state index is 0.0396. The minimum atomic E-state index is -3.15. The number of nitrogens with zero attached hydrogens (tertiary/aromatic N) is 4. The Kier molecular flexibility index (Phi) is 6.00. The van der Waals surface area contributed by atoms with Gasteiger partial charge in [0.2, 0.25) is 5.16 Å². The Morgan fingerprint density at radius 3 is 2.64 bits per heavy atom. The van der Waals surface area contributed by atoms with Gasteiger partial charge in [0.15, 0.2) is 5.82 Å². The number of anilines is 1. The van der Waals surface area contributed by atoms with Crippen molar-refractivity contribution in [3.63, 3.8) is 0 Å². The number of hydrogen-bond acceptors (Lipinski definition) is 6. The summed E-state index contributed by atoms with van der Waals surface area (Å²) in [5.74, 6) is 0.694. The van der Waals surface area contributed by atoms with E-state index in [1.165, 1.54) is 24.6 Å². The van der Waals surface area contributed by atoms with E-state index in [-0.39, 0.29) is 50.1 Å². The molecule has 2 aromatic carbocycles. The van der Waals surface area contributed by atoms with Crippen molar-refractivity contribution in [3.05, 3.63) is 47.7 Å². The Hall–Kier alpha value is -3.78. The van der Waals surface area contributed by atoms with Gasteiger partial charge in [-0.3, -0.25) is 4.21 Å². The highest BCUT2D eigenvalue weighted by Gasteiger charge is 2.30. The predicted molar refractivity (Wildman–Crippen MR) is 129 cm³/mol. The van der Waals surface area contributed by atoms with Crippen LogP contribution in [0.1, 0.15) is 18.9 Å². The molecular formula is C25H18F4N4O2S. The van der Waals surface area contributed by atoms with Crippen LogP contribution in [-0.4, -0.2) is 44.6 Å². The first kappa shape index (κ1) is 23.9. The molecular weight excluding hydrogens is 496 g/mol. The van der Waals surface area contributed by atoms with Crippen molar-refractivity contribution in [1.29, 1.82) is 0 Å². The second-order valence-corrected chi connectivity index (χ2v) is 9.59. The second kappa shape index (κ2) is 9.02. The van der Waals surface area contributed by atoms with E-state index in [4.69, 9.17) is 6.42 Å². The van der Waals surface area contributed by atoms with Crippen LogP contribution in [0, 0.1) is 24.0 Å². The lowest BCUT2D eigenvalue weighted by Crippen LogP contribution is -2.46. The molecule has 1 aliphatic rings. The standard InChI is InChI=1S/C25H18F4N4O2S/c1-4-15-18(26)6-5-13-9-14(35-24(28)29)10-16(19(13)15)21-20(27)22-17(11-30-25(32-22)36(3)34)23(31-21)33-8-7-12(33)2/h1,5-6,9-12,24H,7-8H2,2-3H3/t12-,36?/m0/s1. The number of aromatic nitrogens is 3. The summed E-state index contributed by atoms with van der Waals surface area (Å²) in [6.07, 6.45) is 9.17. The summed E-state index contributed by atoms with van der Waals surface area (Å²) < 4.78 is 73.6. The zero-order chi connectivity index (χ0) is 25.7. The smallest absolute Gasteiger partial charge is 0.387 e. The SMILES string of the molecule is C#Cc1c(F)ccc2cc(OC(F)F)cc(-c3nc(N4CC[C@@H]4C)c4cnc(S(C)=O)nc4c3F)c12. The molecule has 6 nitrogen and oxygen atoms in total. The lowest BCUT2D eigenvalue weighted by atomic mass is 9.95. The summed E-state index contributed by atoms with van der Waals surface area (Å²) in [5.41, 5.74) is -0.650. The third-order valence-electron chi connectivity index (χ3n) is 6.16. The molecule has 0 spiro atoms. The number of fused-ring (bicyclic) bond motifs is 2. The van der Waals surface area contributed by atoms with Gasteiger partial charge in [-0.15, -0.1) is 6.42 Å². The van der Waals surface area contributed by atoms with Crippen molar-refractivity contribution in [3.8, 4) is 29.4 Å². The Balaban J connectivity index is 1.91. The Morgan fingerprint density at radius 1 is 1.25 bits per heavy atom. The van der Waals surface area contributed by atoms with Crippen molar-refractivity contribution < 1.29 is 26.5 Å². The van der Waals surface area contributed by atoms with Gasteiger partial charge < -0.3 is 9.64 Å². The lowest BCUT2D eigenvalue weighted by Gasteiger charge is -2.40. The van der Waals surface area contributed by atoms with Crippen LogP contribution in [0.3, 0.4) is 0 Å². The molecule has 0 N–H and O–H groups in total. The van der Waals surface area contributed by atoms with Gasteiger partial charge in [0.05, 0.1) is 21.7 Å². The van der Waals surface area contributed by atoms with Crippen LogP contribution >= 0.6 is 0 Å². The largest absolute Gasteiger partial charge is 0.435 e. The first-order chi connectivity index (χ1) is 17.2. The van der Waals surface area contributed by atoms with Gasteiger partial charge in [-0.2, -0.15) is 8.78 Å². The first-order valence-corrected chi connectivity index (χ1v) is 12.4. The van der Waals surface area contributed by atoms with E-state index in [1.807, 2.05) is 11.8 Å². The van der Waals surface area contributed by atoms with Gasteiger partial charge in [-0.05, 0) is 36.9 Å². The molecule has 0 radical (unpaired) electrons. The molecule has 3 heterocycles. The van der Waals surface area contributed by atoms with Crippen LogP contribution in [0.15, 0.2) is 35.6 Å². The van der Waals surface area contributed by atoms with E-state index in [2.05, 4.69) is 25.6 Å². The Morgan fingerprint density at radius 2 is 2.03 bits per heavy atom. The fourth-order valence-electron chi connectivity index (χ4n) is 4.30. The zero-order valence-electron chi connectivity index (χ0n) is 19.1. The summed E-state index contributed by atoms with van der Waals surface area (Å²) in [4.78, 5) is 14.7. The van der Waals surface area contributed by atoms with Crippen LogP contribution in [0.25, 0.3) is 32.9 Å². The average Bonchev–Trinajstić information content (AvgIpc) is 2.83. The second-order valence-electron chi connectivity index (χ2n) is 8.31. The van der Waals surface area contributed by atoms with E-state index in [0.717, 1.165) is 18.6 Å². The number of rotatable bonds is 5. The molecule has 2 atom stereocenters. The molecule has 2 aromatic heterocycles. The molecule has 5 rings (SSSR count). The van der Waals surface area contributed by atoms with Crippen LogP contribution in [-0.2, 0) is 10.8 Å². The number of hydrogen-bond donors (Lipinski definition) is 0. The van der Waals surface area contributed by atoms with Gasteiger partial charge in [0, 0.05) is 36.0 Å². The highest BCUT2D eigenvalue weighted by atomic mass is 32.2. The first-order valence-electron chi connectivity index (χ1n) is 10.8. The summed E-state index contributed by atoms with van der Waals surface area (Å²) in [6.45, 7) is -0.547. The van der Waals surface area contributed by atoms with Crippen LogP contribution < -0.4 is 9.64 Å². The van der Waals surface area contributed by atoms with Crippen LogP contribution in [0.2, 0.25) is 0 Å². The molecule has 0 aliphatic carbocycles. The van der Waals surface area contributed by atoms with Crippen molar-refractivity contribution in [1.82, 2.24) is 15.0 Å². The third-order valence-corrected chi connectivity index (χ3v) is 6.87. The monoisotopic (exact) mass is 514 g/mol. The van der Waals surface area contributed by atoms with Crippen molar-refractivity contribution in [2.24, 2.45) is 0 Å². The Labute approximate surface area is 205 Å². The van der Waals surface area contributed by atoms with E-state index in [9.17, 15) is 17.4 Å². The maximum absolute atomic E-state index is 16.1. The predicted octanol–water partition coefficient (Wildman–Crippen LogP) is 5.04.